The summed E-state index contributed by atoms with van der Waals surface area (Å²) in [5.41, 5.74) is 3.52. The van der Waals surface area contributed by atoms with E-state index in [0.717, 1.165) is 28.4 Å². The van der Waals surface area contributed by atoms with Crippen molar-refractivity contribution in [2.45, 2.75) is 12.5 Å². The number of hydrogen-bond acceptors (Lipinski definition) is 3. The summed E-state index contributed by atoms with van der Waals surface area (Å²) in [6.07, 6.45) is 3.44. The van der Waals surface area contributed by atoms with Gasteiger partial charge in [-0.25, -0.2) is 0 Å². The lowest BCUT2D eigenvalue weighted by Crippen LogP contribution is -2.23. The molecule has 5 heteroatoms. The van der Waals surface area contributed by atoms with E-state index in [0.29, 0.717) is 16.5 Å². The van der Waals surface area contributed by atoms with E-state index >= 15 is 0 Å². The number of nitriles is 1. The predicted molar refractivity (Wildman–Crippen MR) is 94.3 cm³/mol. The highest BCUT2D eigenvalue weighted by Crippen LogP contribution is 2.23. The minimum Gasteiger partial charge on any atom is -0.375 e. The summed E-state index contributed by atoms with van der Waals surface area (Å²) < 4.78 is 0.710. The molecule has 0 aliphatic heterocycles. The number of benzene rings is 2. The number of halogens is 1. The molecule has 114 valence electrons. The van der Waals surface area contributed by atoms with Gasteiger partial charge >= 0.3 is 0 Å². The third kappa shape index (κ3) is 3.27. The van der Waals surface area contributed by atoms with Gasteiger partial charge in [0.05, 0.1) is 11.6 Å². The molecule has 0 aliphatic rings. The first-order valence-corrected chi connectivity index (χ1v) is 7.97. The Morgan fingerprint density at radius 2 is 2.13 bits per heavy atom. The summed E-state index contributed by atoms with van der Waals surface area (Å²) in [5, 5.41) is 13.3. The molecule has 3 rings (SSSR count). The van der Waals surface area contributed by atoms with E-state index in [4.69, 9.17) is 5.26 Å². The Bertz CT molecular complexity index is 895. The van der Waals surface area contributed by atoms with Crippen LogP contribution in [0.1, 0.15) is 11.1 Å². The molecule has 0 spiro atoms. The Kier molecular flexibility index (Phi) is 4.45. The third-order valence-electron chi connectivity index (χ3n) is 3.72. The van der Waals surface area contributed by atoms with Crippen molar-refractivity contribution in [2.24, 2.45) is 0 Å². The lowest BCUT2D eigenvalue weighted by atomic mass is 10.1. The normalized spacial score (nSPS) is 11.8. The van der Waals surface area contributed by atoms with Crippen LogP contribution in [-0.4, -0.2) is 17.3 Å². The van der Waals surface area contributed by atoms with Crippen molar-refractivity contribution in [1.29, 1.82) is 5.26 Å². The summed E-state index contributed by atoms with van der Waals surface area (Å²) in [6, 6.07) is 15.1. The number of aromatic nitrogens is 1. The lowest BCUT2D eigenvalue weighted by Gasteiger charge is -2.14. The van der Waals surface area contributed by atoms with Gasteiger partial charge in [-0.3, -0.25) is 0 Å². The van der Waals surface area contributed by atoms with Crippen LogP contribution in [0.15, 0.2) is 53.1 Å². The van der Waals surface area contributed by atoms with Gasteiger partial charge in [0.2, 0.25) is 0 Å². The van der Waals surface area contributed by atoms with Crippen molar-refractivity contribution in [3.05, 3.63) is 64.3 Å². The smallest absolute Gasteiger partial charge is 0.142 e. The molecule has 3 aromatic rings. The maximum absolute atomic E-state index is 11.4. The predicted octanol–water partition coefficient (Wildman–Crippen LogP) is 4.02. The van der Waals surface area contributed by atoms with Crippen molar-refractivity contribution in [3.8, 4) is 6.07 Å². The molecule has 0 radical (unpaired) electrons. The summed E-state index contributed by atoms with van der Waals surface area (Å²) in [7, 11) is 0. The van der Waals surface area contributed by atoms with Crippen molar-refractivity contribution < 1.29 is 4.79 Å². The average Bonchev–Trinajstić information content (AvgIpc) is 2.97. The van der Waals surface area contributed by atoms with Crippen LogP contribution in [0.2, 0.25) is 0 Å². The summed E-state index contributed by atoms with van der Waals surface area (Å²) in [5.74, 6) is 0. The van der Waals surface area contributed by atoms with Gasteiger partial charge < -0.3 is 15.1 Å². The van der Waals surface area contributed by atoms with Crippen LogP contribution in [0.4, 0.5) is 5.69 Å². The standard InChI is InChI=1S/C18H14BrN3O/c19-17-8-14(6-5-12(17)9-20)22-15(11-23)7-13-10-21-18-4-2-1-3-16(13)18/h1-6,8,10-11,15,21-22H,7H2/t15-/m1/s1. The number of H-pyrrole nitrogens is 1. The number of carbonyl (C=O) groups excluding carboxylic acids is 1. The number of hydrogen-bond donors (Lipinski definition) is 2. The largest absolute Gasteiger partial charge is 0.375 e. The fraction of sp³-hybridized carbons (Fsp3) is 0.111. The number of carbonyl (C=O) groups is 1. The molecule has 0 amide bonds. The van der Waals surface area contributed by atoms with Crippen molar-refractivity contribution in [1.82, 2.24) is 4.98 Å². The molecule has 0 saturated heterocycles. The molecule has 1 aromatic heterocycles. The van der Waals surface area contributed by atoms with Crippen LogP contribution < -0.4 is 5.32 Å². The molecule has 0 bridgehead atoms. The Morgan fingerprint density at radius 3 is 2.87 bits per heavy atom. The minimum atomic E-state index is -0.339. The van der Waals surface area contributed by atoms with Crippen LogP contribution in [0, 0.1) is 11.3 Å². The highest BCUT2D eigenvalue weighted by atomic mass is 79.9. The van der Waals surface area contributed by atoms with Crippen LogP contribution >= 0.6 is 15.9 Å². The Morgan fingerprint density at radius 1 is 1.30 bits per heavy atom. The number of rotatable bonds is 5. The van der Waals surface area contributed by atoms with Gasteiger partial charge in [0.1, 0.15) is 12.4 Å². The summed E-state index contributed by atoms with van der Waals surface area (Å²) >= 11 is 3.36. The van der Waals surface area contributed by atoms with Gasteiger partial charge in [0, 0.05) is 33.7 Å². The molecular weight excluding hydrogens is 354 g/mol. The maximum atomic E-state index is 11.4. The first kappa shape index (κ1) is 15.3. The third-order valence-corrected chi connectivity index (χ3v) is 4.38. The average molecular weight is 368 g/mol. The molecule has 0 saturated carbocycles. The van der Waals surface area contributed by atoms with E-state index in [2.05, 4.69) is 32.3 Å². The Hall–Kier alpha value is -2.58. The van der Waals surface area contributed by atoms with E-state index in [1.54, 1.807) is 12.1 Å². The molecule has 0 unspecified atom stereocenters. The van der Waals surface area contributed by atoms with E-state index < -0.39 is 0 Å². The van der Waals surface area contributed by atoms with Gasteiger partial charge in [0.15, 0.2) is 0 Å². The molecule has 2 aromatic carbocycles. The molecule has 23 heavy (non-hydrogen) atoms. The van der Waals surface area contributed by atoms with Gasteiger partial charge in [0.25, 0.3) is 0 Å². The van der Waals surface area contributed by atoms with E-state index in [9.17, 15) is 4.79 Å². The zero-order chi connectivity index (χ0) is 16.2. The second-order valence-corrected chi connectivity index (χ2v) is 6.11. The number of fused-ring (bicyclic) bond motifs is 1. The number of para-hydroxylation sites is 1. The molecule has 4 nitrogen and oxygen atoms in total. The monoisotopic (exact) mass is 367 g/mol. The second-order valence-electron chi connectivity index (χ2n) is 5.26. The Labute approximate surface area is 142 Å². The summed E-state index contributed by atoms with van der Waals surface area (Å²) in [6.45, 7) is 0. The van der Waals surface area contributed by atoms with Crippen molar-refractivity contribution >= 4 is 38.8 Å². The molecule has 1 heterocycles. The fourth-order valence-corrected chi connectivity index (χ4v) is 3.05. The topological polar surface area (TPSA) is 68.7 Å². The van der Waals surface area contributed by atoms with Crippen LogP contribution in [0.25, 0.3) is 10.9 Å². The second kappa shape index (κ2) is 6.67. The first-order chi connectivity index (χ1) is 11.2. The summed E-state index contributed by atoms with van der Waals surface area (Å²) in [4.78, 5) is 14.7. The fourth-order valence-electron chi connectivity index (χ4n) is 2.58. The number of anilines is 1. The molecule has 1 atom stereocenters. The number of aldehydes is 1. The van der Waals surface area contributed by atoms with Crippen molar-refractivity contribution in [2.75, 3.05) is 5.32 Å². The van der Waals surface area contributed by atoms with E-state index in [-0.39, 0.29) is 6.04 Å². The quantitative estimate of drug-likeness (QED) is 0.669. The first-order valence-electron chi connectivity index (χ1n) is 7.17. The van der Waals surface area contributed by atoms with E-state index in [1.807, 2.05) is 36.5 Å². The number of nitrogens with zero attached hydrogens (tertiary/aromatic N) is 1. The van der Waals surface area contributed by atoms with Gasteiger partial charge in [-0.1, -0.05) is 18.2 Å². The van der Waals surface area contributed by atoms with Gasteiger partial charge in [-0.15, -0.1) is 0 Å². The zero-order valence-corrected chi connectivity index (χ0v) is 13.8. The van der Waals surface area contributed by atoms with Gasteiger partial charge in [-0.2, -0.15) is 5.26 Å². The highest BCUT2D eigenvalue weighted by molar-refractivity contribution is 9.10. The number of aromatic amines is 1. The zero-order valence-electron chi connectivity index (χ0n) is 12.2. The molecule has 2 N–H and O–H groups in total. The molecule has 0 aliphatic carbocycles. The van der Waals surface area contributed by atoms with Crippen LogP contribution in [0.5, 0.6) is 0 Å². The Balaban J connectivity index is 1.79. The lowest BCUT2D eigenvalue weighted by molar-refractivity contribution is -0.108. The van der Waals surface area contributed by atoms with Crippen LogP contribution in [0.3, 0.4) is 0 Å². The van der Waals surface area contributed by atoms with E-state index in [1.165, 1.54) is 0 Å². The minimum absolute atomic E-state index is 0.339. The van der Waals surface area contributed by atoms with Crippen molar-refractivity contribution in [3.63, 3.8) is 0 Å². The SMILES string of the molecule is N#Cc1ccc(N[C@@H](C=O)Cc2c[nH]c3ccccc23)cc1Br. The van der Waals surface area contributed by atoms with Crippen LogP contribution in [-0.2, 0) is 11.2 Å². The molecular formula is C18H14BrN3O. The maximum Gasteiger partial charge on any atom is 0.142 e. The molecule has 0 fully saturated rings. The highest BCUT2D eigenvalue weighted by Gasteiger charge is 2.12. The van der Waals surface area contributed by atoms with Gasteiger partial charge in [-0.05, 0) is 45.8 Å². The number of nitrogens with one attached hydrogen (secondary N) is 2.